The van der Waals surface area contributed by atoms with Gasteiger partial charge < -0.3 is 16.5 Å². The largest absolute Gasteiger partial charge is 0.437 e. The van der Waals surface area contributed by atoms with Crippen LogP contribution in [0, 0.1) is 0 Å². The van der Waals surface area contributed by atoms with Gasteiger partial charge in [0.1, 0.15) is 0 Å². The Morgan fingerprint density at radius 2 is 0.815 bits per heavy atom. The van der Waals surface area contributed by atoms with E-state index >= 15 is 0 Å². The van der Waals surface area contributed by atoms with Crippen LogP contribution in [0.4, 0.5) is 0 Å². The van der Waals surface area contributed by atoms with Crippen LogP contribution < -0.4 is 0 Å². The van der Waals surface area contributed by atoms with Gasteiger partial charge in [-0.05, 0) is 72.0 Å². The topological polar surface area (TPSA) is 36.9 Å². The first-order valence-corrected chi connectivity index (χ1v) is 21.4. The first-order valence-electron chi connectivity index (χ1n) is 7.13. The Morgan fingerprint density at radius 3 is 1.07 bits per heavy atom. The molecule has 0 bridgehead atoms. The van der Waals surface area contributed by atoms with Gasteiger partial charge in [0.2, 0.25) is 0 Å². The number of hydrogen-bond acceptors (Lipinski definition) is 4. The van der Waals surface area contributed by atoms with E-state index in [4.69, 9.17) is 16.5 Å². The monoisotopic (exact) mass is 554 g/mol. The van der Waals surface area contributed by atoms with E-state index in [1.807, 2.05) is 0 Å². The van der Waals surface area contributed by atoms with Crippen molar-refractivity contribution in [2.75, 3.05) is 0 Å². The van der Waals surface area contributed by atoms with Crippen LogP contribution in [-0.2, 0) is 49.2 Å². The Hall–Kier alpha value is 2.03. The molecule has 0 saturated heterocycles. The number of hydrogen-bond donors (Lipinski definition) is 0. The summed E-state index contributed by atoms with van der Waals surface area (Å²) in [7, 11) is -8.70. The van der Waals surface area contributed by atoms with Crippen molar-refractivity contribution in [1.82, 2.24) is 0 Å². The second-order valence-electron chi connectivity index (χ2n) is 7.92. The molecule has 0 fully saturated rings. The molecule has 0 rings (SSSR count). The molecule has 172 valence electrons. The quantitative estimate of drug-likeness (QED) is 0.284. The van der Waals surface area contributed by atoms with Crippen molar-refractivity contribution in [3.63, 3.8) is 0 Å². The first kappa shape index (κ1) is 51.6. The third-order valence-electron chi connectivity index (χ3n) is 1.88. The standard InChI is InChI=1S/C11H33O4Si5.6CH4.Y/c1-16(12-17(2,3)4)13-19(8,9)15-20(10,11)14-18(5,6)7;;;;;;;/h1-11H3;6*1H4;. The van der Waals surface area contributed by atoms with Gasteiger partial charge in [-0.2, -0.15) is 0 Å². The smallest absolute Gasteiger partial charge is 0.360 e. The molecule has 4 nitrogen and oxygen atoms in total. The molecule has 10 heteroatoms. The zero-order valence-electron chi connectivity index (χ0n) is 15.7. The van der Waals surface area contributed by atoms with Crippen LogP contribution >= 0.6 is 0 Å². The molecule has 0 aromatic rings. The van der Waals surface area contributed by atoms with E-state index in [0.29, 0.717) is 0 Å². The molecule has 0 aromatic carbocycles. The fraction of sp³-hybridized carbons (Fsp3) is 1.00. The van der Waals surface area contributed by atoms with Crippen LogP contribution in [-0.4, -0.2) is 43.0 Å². The molecule has 2 radical (unpaired) electrons. The predicted octanol–water partition coefficient (Wildman–Crippen LogP) is 8.06. The van der Waals surface area contributed by atoms with E-state index in [2.05, 4.69) is 72.0 Å². The maximum Gasteiger partial charge on any atom is 0.360 e. The summed E-state index contributed by atoms with van der Waals surface area (Å²) in [6, 6.07) is 0. The Kier molecular flexibility index (Phi) is 35.9. The van der Waals surface area contributed by atoms with E-state index in [1.165, 1.54) is 0 Å². The molecule has 0 N–H and O–H groups in total. The van der Waals surface area contributed by atoms with Gasteiger partial charge in [-0.1, -0.05) is 44.6 Å². The molecule has 0 aliphatic carbocycles. The average molecular weight is 555 g/mol. The average Bonchev–Trinajstić information content (AvgIpc) is 1.86. The fourth-order valence-corrected chi connectivity index (χ4v) is 20.6. The van der Waals surface area contributed by atoms with Gasteiger partial charge >= 0.3 is 26.4 Å². The van der Waals surface area contributed by atoms with E-state index in [-0.39, 0.29) is 77.3 Å². The second kappa shape index (κ2) is 18.8. The Balaban J connectivity index is -0.0000000860. The summed E-state index contributed by atoms with van der Waals surface area (Å²) >= 11 is 0. The zero-order valence-corrected chi connectivity index (χ0v) is 23.5. The van der Waals surface area contributed by atoms with E-state index in [0.717, 1.165) is 0 Å². The van der Waals surface area contributed by atoms with Crippen LogP contribution in [0.25, 0.3) is 0 Å². The Bertz CT molecular complexity index is 319. The van der Waals surface area contributed by atoms with Crippen molar-refractivity contribution >= 4 is 43.0 Å². The Morgan fingerprint density at radius 1 is 0.481 bits per heavy atom. The first-order chi connectivity index (χ1) is 8.52. The van der Waals surface area contributed by atoms with Gasteiger partial charge in [-0.3, -0.25) is 0 Å². The molecule has 27 heavy (non-hydrogen) atoms. The number of rotatable bonds is 8. The van der Waals surface area contributed by atoms with Crippen LogP contribution in [0.15, 0.2) is 0 Å². The molecular formula is C17H57O4Si5Y. The van der Waals surface area contributed by atoms with Crippen molar-refractivity contribution in [3.8, 4) is 0 Å². The van der Waals surface area contributed by atoms with Gasteiger partial charge in [0.25, 0.3) is 0 Å². The van der Waals surface area contributed by atoms with Crippen molar-refractivity contribution in [1.29, 1.82) is 0 Å². The van der Waals surface area contributed by atoms with Crippen LogP contribution in [0.5, 0.6) is 0 Å². The third kappa shape index (κ3) is 32.9. The summed E-state index contributed by atoms with van der Waals surface area (Å²) < 4.78 is 24.8. The summed E-state index contributed by atoms with van der Waals surface area (Å²) in [6.45, 7) is 23.6. The second-order valence-corrected chi connectivity index (χ2v) is 26.2. The summed E-state index contributed by atoms with van der Waals surface area (Å²) in [5.41, 5.74) is 0. The van der Waals surface area contributed by atoms with Gasteiger partial charge in [0.05, 0.1) is 0 Å². The normalized spacial score (nSPS) is 11.1. The van der Waals surface area contributed by atoms with Crippen molar-refractivity contribution in [2.45, 2.75) is 117 Å². The van der Waals surface area contributed by atoms with Gasteiger partial charge in [0.15, 0.2) is 16.6 Å². The molecule has 0 aromatic heterocycles. The Labute approximate surface area is 207 Å². The SMILES string of the molecule is C.C.C.C.C.C.C[Si](O[Si](C)(C)C)O[Si](C)(C)O[Si](C)(C)O[Si](C)(C)C.[Y]. The molecule has 0 spiro atoms. The van der Waals surface area contributed by atoms with E-state index < -0.39 is 43.0 Å². The van der Waals surface area contributed by atoms with Crippen molar-refractivity contribution < 1.29 is 49.2 Å². The molecule has 0 saturated carbocycles. The molecule has 0 atom stereocenters. The van der Waals surface area contributed by atoms with Crippen molar-refractivity contribution in [3.05, 3.63) is 0 Å². The van der Waals surface area contributed by atoms with Gasteiger partial charge in [-0.25, -0.2) is 0 Å². The minimum Gasteiger partial charge on any atom is -0.437 e. The summed E-state index contributed by atoms with van der Waals surface area (Å²) in [6.07, 6.45) is 0. The molecule has 0 aliphatic rings. The molecule has 0 amide bonds. The van der Waals surface area contributed by atoms with Crippen molar-refractivity contribution in [2.24, 2.45) is 0 Å². The van der Waals surface area contributed by atoms with Crippen LogP contribution in [0.2, 0.25) is 72.0 Å². The minimum atomic E-state index is -2.20. The maximum absolute atomic E-state index is 6.32. The van der Waals surface area contributed by atoms with E-state index in [9.17, 15) is 0 Å². The maximum atomic E-state index is 6.32. The molecular weight excluding hydrogens is 498 g/mol. The van der Waals surface area contributed by atoms with Gasteiger partial charge in [-0.15, -0.1) is 0 Å². The van der Waals surface area contributed by atoms with Crippen LogP contribution in [0.3, 0.4) is 0 Å². The summed E-state index contributed by atoms with van der Waals surface area (Å²) in [5, 5.41) is 0. The zero-order chi connectivity index (χ0) is 16.4. The van der Waals surface area contributed by atoms with Crippen LogP contribution in [0.1, 0.15) is 44.6 Å². The molecule has 0 heterocycles. The summed E-state index contributed by atoms with van der Waals surface area (Å²) in [4.78, 5) is 0. The molecule has 0 aliphatic heterocycles. The predicted molar refractivity (Wildman–Crippen MR) is 138 cm³/mol. The van der Waals surface area contributed by atoms with Gasteiger partial charge in [0, 0.05) is 32.7 Å². The minimum absolute atomic E-state index is 0. The summed E-state index contributed by atoms with van der Waals surface area (Å²) in [5.74, 6) is 0. The third-order valence-corrected chi connectivity index (χ3v) is 16.9. The fourth-order valence-electron chi connectivity index (χ4n) is 2.17. The molecule has 0 unspecified atom stereocenters. The van der Waals surface area contributed by atoms with E-state index in [1.54, 1.807) is 0 Å².